The molecular formula is C17H18ClN3O4S. The Bertz CT molecular complexity index is 862. The standard InChI is InChI=1S/C17H18ClN3O4S/c1-3-21-6-7-25-16-13(17(21)22)9-12(10-19-16)20-26(23)15-8-11(18)4-5-14(15)24-2/h4-5,8-10,20H,3,6-7H2,1-2H3. The third-order valence-corrected chi connectivity index (χ3v) is 5.26. The number of amides is 1. The maximum atomic E-state index is 12.7. The van der Waals surface area contributed by atoms with E-state index in [4.69, 9.17) is 21.1 Å². The average Bonchev–Trinajstić information content (AvgIpc) is 2.80. The van der Waals surface area contributed by atoms with Crippen molar-refractivity contribution >= 4 is 34.2 Å². The Hall–Kier alpha value is -2.32. The van der Waals surface area contributed by atoms with Gasteiger partial charge in [-0.3, -0.25) is 9.52 Å². The number of benzene rings is 1. The lowest BCUT2D eigenvalue weighted by molar-refractivity contribution is 0.0765. The number of hydrogen-bond acceptors (Lipinski definition) is 5. The number of nitrogens with zero attached hydrogens (tertiary/aromatic N) is 2. The van der Waals surface area contributed by atoms with Crippen molar-refractivity contribution in [3.8, 4) is 11.6 Å². The third kappa shape index (κ3) is 3.76. The SMILES string of the molecule is CCN1CCOc2ncc(NS(=O)c3cc(Cl)ccc3OC)cc2C1=O. The minimum atomic E-state index is -1.65. The monoisotopic (exact) mass is 395 g/mol. The molecule has 0 saturated carbocycles. The van der Waals surface area contributed by atoms with E-state index in [9.17, 15) is 9.00 Å². The first-order valence-corrected chi connectivity index (χ1v) is 9.50. The van der Waals surface area contributed by atoms with Crippen molar-refractivity contribution in [3.05, 3.63) is 41.0 Å². The van der Waals surface area contributed by atoms with Crippen LogP contribution in [0.2, 0.25) is 5.02 Å². The molecule has 0 fully saturated rings. The van der Waals surface area contributed by atoms with Gasteiger partial charge in [0.05, 0.1) is 25.5 Å². The summed E-state index contributed by atoms with van der Waals surface area (Å²) in [5.41, 5.74) is 0.767. The molecule has 7 nitrogen and oxygen atoms in total. The van der Waals surface area contributed by atoms with Crippen LogP contribution in [0.15, 0.2) is 35.4 Å². The average molecular weight is 396 g/mol. The predicted molar refractivity (Wildman–Crippen MR) is 99.3 cm³/mol. The second kappa shape index (κ2) is 7.92. The van der Waals surface area contributed by atoms with Gasteiger partial charge in [0.1, 0.15) is 22.8 Å². The predicted octanol–water partition coefficient (Wildman–Crippen LogP) is 2.73. The topological polar surface area (TPSA) is 80.8 Å². The summed E-state index contributed by atoms with van der Waals surface area (Å²) in [5, 5.41) is 0.443. The quantitative estimate of drug-likeness (QED) is 0.841. The molecule has 3 rings (SSSR count). The fourth-order valence-corrected chi connectivity index (χ4v) is 3.80. The van der Waals surface area contributed by atoms with Gasteiger partial charge in [0.2, 0.25) is 5.88 Å². The second-order valence-electron chi connectivity index (χ2n) is 5.48. The number of hydrogen-bond donors (Lipinski definition) is 1. The van der Waals surface area contributed by atoms with Gasteiger partial charge in [0.25, 0.3) is 5.91 Å². The summed E-state index contributed by atoms with van der Waals surface area (Å²) >= 11 is 5.99. The van der Waals surface area contributed by atoms with Crippen molar-refractivity contribution in [2.75, 3.05) is 31.5 Å². The number of methoxy groups -OCH3 is 1. The Balaban J connectivity index is 1.89. The zero-order valence-corrected chi connectivity index (χ0v) is 15.9. The van der Waals surface area contributed by atoms with Gasteiger partial charge >= 0.3 is 0 Å². The van der Waals surface area contributed by atoms with Gasteiger partial charge in [-0.05, 0) is 31.2 Å². The van der Waals surface area contributed by atoms with Crippen LogP contribution >= 0.6 is 11.6 Å². The molecule has 1 amide bonds. The number of carbonyl (C=O) groups is 1. The highest BCUT2D eigenvalue weighted by Crippen LogP contribution is 2.28. The largest absolute Gasteiger partial charge is 0.495 e. The van der Waals surface area contributed by atoms with Gasteiger partial charge < -0.3 is 14.4 Å². The number of anilines is 1. The molecule has 1 unspecified atom stereocenters. The number of pyridine rings is 1. The molecule has 0 aliphatic carbocycles. The van der Waals surface area contributed by atoms with Gasteiger partial charge in [-0.2, -0.15) is 0 Å². The first kappa shape index (κ1) is 18.5. The summed E-state index contributed by atoms with van der Waals surface area (Å²) in [6, 6.07) is 6.45. The molecule has 9 heteroatoms. The molecule has 1 aromatic carbocycles. The molecule has 2 aromatic rings. The first-order chi connectivity index (χ1) is 12.5. The lowest BCUT2D eigenvalue weighted by Gasteiger charge is -2.17. The highest BCUT2D eigenvalue weighted by atomic mass is 35.5. The van der Waals surface area contributed by atoms with Crippen molar-refractivity contribution in [1.29, 1.82) is 0 Å². The van der Waals surface area contributed by atoms with Crippen molar-refractivity contribution in [2.45, 2.75) is 11.8 Å². The maximum Gasteiger partial charge on any atom is 0.259 e. The number of nitrogens with one attached hydrogen (secondary N) is 1. The number of fused-ring (bicyclic) bond motifs is 1. The summed E-state index contributed by atoms with van der Waals surface area (Å²) in [4.78, 5) is 18.8. The van der Waals surface area contributed by atoms with Crippen molar-refractivity contribution in [2.24, 2.45) is 0 Å². The molecule has 0 radical (unpaired) electrons. The Morgan fingerprint density at radius 1 is 1.42 bits per heavy atom. The number of carbonyl (C=O) groups excluding carboxylic acids is 1. The van der Waals surface area contributed by atoms with Crippen LogP contribution < -0.4 is 14.2 Å². The lowest BCUT2D eigenvalue weighted by atomic mass is 10.2. The molecule has 1 aromatic heterocycles. The zero-order valence-electron chi connectivity index (χ0n) is 14.3. The van der Waals surface area contributed by atoms with E-state index in [-0.39, 0.29) is 11.8 Å². The third-order valence-electron chi connectivity index (χ3n) is 3.89. The number of rotatable bonds is 5. The van der Waals surface area contributed by atoms with E-state index in [1.54, 1.807) is 29.2 Å². The van der Waals surface area contributed by atoms with Gasteiger partial charge in [0, 0.05) is 11.6 Å². The van der Waals surface area contributed by atoms with Crippen molar-refractivity contribution in [1.82, 2.24) is 9.88 Å². The summed E-state index contributed by atoms with van der Waals surface area (Å²) < 4.78 is 26.3. The van der Waals surface area contributed by atoms with Crippen LogP contribution in [0, 0.1) is 0 Å². The molecule has 1 N–H and O–H groups in total. The lowest BCUT2D eigenvalue weighted by Crippen LogP contribution is -2.32. The number of ether oxygens (including phenoxy) is 2. The van der Waals surface area contributed by atoms with Gasteiger partial charge in [-0.15, -0.1) is 0 Å². The van der Waals surface area contributed by atoms with Crippen LogP contribution in [0.25, 0.3) is 0 Å². The zero-order chi connectivity index (χ0) is 18.7. The van der Waals surface area contributed by atoms with Crippen molar-refractivity contribution in [3.63, 3.8) is 0 Å². The van der Waals surface area contributed by atoms with Crippen LogP contribution in [-0.4, -0.2) is 46.8 Å². The molecule has 2 heterocycles. The molecule has 26 heavy (non-hydrogen) atoms. The molecule has 1 aliphatic heterocycles. The van der Waals surface area contributed by atoms with Gasteiger partial charge in [-0.25, -0.2) is 9.19 Å². The Labute approximate surface area is 158 Å². The van der Waals surface area contributed by atoms with E-state index in [1.165, 1.54) is 13.3 Å². The Kier molecular flexibility index (Phi) is 5.63. The normalized spacial score (nSPS) is 14.9. The Morgan fingerprint density at radius 3 is 2.96 bits per heavy atom. The van der Waals surface area contributed by atoms with Crippen LogP contribution in [0.5, 0.6) is 11.6 Å². The van der Waals surface area contributed by atoms with E-state index in [2.05, 4.69) is 9.71 Å². The van der Waals surface area contributed by atoms with E-state index in [0.29, 0.717) is 46.6 Å². The molecule has 138 valence electrons. The number of halogens is 1. The van der Waals surface area contributed by atoms with Gasteiger partial charge in [-0.1, -0.05) is 11.6 Å². The number of likely N-dealkylation sites (N-methyl/N-ethyl adjacent to an activating group) is 1. The molecule has 1 atom stereocenters. The molecule has 0 saturated heterocycles. The first-order valence-electron chi connectivity index (χ1n) is 7.97. The van der Waals surface area contributed by atoms with Gasteiger partial charge in [0.15, 0.2) is 11.0 Å². The smallest absolute Gasteiger partial charge is 0.259 e. The van der Waals surface area contributed by atoms with Crippen molar-refractivity contribution < 1.29 is 18.5 Å². The minimum Gasteiger partial charge on any atom is -0.495 e. The highest BCUT2D eigenvalue weighted by Gasteiger charge is 2.24. The highest BCUT2D eigenvalue weighted by molar-refractivity contribution is 7.86. The van der Waals surface area contributed by atoms with Crippen LogP contribution in [0.3, 0.4) is 0 Å². The number of aromatic nitrogens is 1. The van der Waals surface area contributed by atoms with E-state index in [1.807, 2.05) is 6.92 Å². The molecule has 0 bridgehead atoms. The summed E-state index contributed by atoms with van der Waals surface area (Å²) in [6.07, 6.45) is 1.47. The van der Waals surface area contributed by atoms with E-state index >= 15 is 0 Å². The summed E-state index contributed by atoms with van der Waals surface area (Å²) in [6.45, 7) is 3.36. The maximum absolute atomic E-state index is 12.7. The second-order valence-corrected chi connectivity index (χ2v) is 7.09. The molecular weight excluding hydrogens is 378 g/mol. The Morgan fingerprint density at radius 2 is 2.23 bits per heavy atom. The summed E-state index contributed by atoms with van der Waals surface area (Å²) in [5.74, 6) is 0.560. The van der Waals surface area contributed by atoms with Crippen LogP contribution in [0.1, 0.15) is 17.3 Å². The molecule has 1 aliphatic rings. The van der Waals surface area contributed by atoms with Crippen LogP contribution in [0.4, 0.5) is 5.69 Å². The van der Waals surface area contributed by atoms with Crippen LogP contribution in [-0.2, 0) is 11.0 Å². The van der Waals surface area contributed by atoms with E-state index in [0.717, 1.165) is 0 Å². The summed E-state index contributed by atoms with van der Waals surface area (Å²) in [7, 11) is -0.159. The van der Waals surface area contributed by atoms with E-state index < -0.39 is 11.0 Å². The fourth-order valence-electron chi connectivity index (χ4n) is 2.56. The molecule has 0 spiro atoms. The fraction of sp³-hybridized carbons (Fsp3) is 0.294. The minimum absolute atomic E-state index is 0.165.